The lowest BCUT2D eigenvalue weighted by Crippen LogP contribution is -2.35. The van der Waals surface area contributed by atoms with E-state index in [1.807, 2.05) is 6.07 Å². The molecule has 0 aliphatic rings. The van der Waals surface area contributed by atoms with Gasteiger partial charge >= 0.3 is 5.97 Å². The number of carbonyl (C=O) groups is 3. The quantitative estimate of drug-likeness (QED) is 0.654. The molecule has 5 nitrogen and oxygen atoms in total. The first-order valence-electron chi connectivity index (χ1n) is 7.71. The zero-order chi connectivity index (χ0) is 17.5. The van der Waals surface area contributed by atoms with E-state index in [-0.39, 0.29) is 17.3 Å². The molecule has 1 unspecified atom stereocenters. The summed E-state index contributed by atoms with van der Waals surface area (Å²) in [4.78, 5) is 35.9. The Bertz CT molecular complexity index is 723. The number of rotatable bonds is 6. The van der Waals surface area contributed by atoms with Crippen molar-refractivity contribution in [3.8, 4) is 0 Å². The van der Waals surface area contributed by atoms with E-state index in [0.29, 0.717) is 17.7 Å². The molecule has 2 aromatic rings. The highest BCUT2D eigenvalue weighted by Gasteiger charge is 2.18. The Morgan fingerprint density at radius 3 is 2.04 bits per heavy atom. The Balaban J connectivity index is 2.05. The van der Waals surface area contributed by atoms with E-state index in [4.69, 9.17) is 4.74 Å². The maximum absolute atomic E-state index is 12.3. The van der Waals surface area contributed by atoms with Gasteiger partial charge in [0.15, 0.2) is 11.9 Å². The van der Waals surface area contributed by atoms with Crippen molar-refractivity contribution in [1.29, 1.82) is 0 Å². The van der Waals surface area contributed by atoms with Crippen molar-refractivity contribution >= 4 is 17.7 Å². The zero-order valence-electron chi connectivity index (χ0n) is 13.6. The molecule has 0 saturated heterocycles. The second-order valence-electron chi connectivity index (χ2n) is 5.21. The summed E-state index contributed by atoms with van der Waals surface area (Å²) in [5.41, 5.74) is 1.35. The van der Waals surface area contributed by atoms with Crippen molar-refractivity contribution in [3.05, 3.63) is 71.3 Å². The summed E-state index contributed by atoms with van der Waals surface area (Å²) in [6, 6.07) is 15.1. The SMILES string of the molecule is CCNC(=O)C(C)OC(=O)c1ccc(C(=O)c2ccccc2)cc1. The highest BCUT2D eigenvalue weighted by Crippen LogP contribution is 2.12. The number of carbonyl (C=O) groups excluding carboxylic acids is 3. The monoisotopic (exact) mass is 325 g/mol. The average molecular weight is 325 g/mol. The van der Waals surface area contributed by atoms with Gasteiger partial charge in [0.25, 0.3) is 5.91 Å². The summed E-state index contributed by atoms with van der Waals surface area (Å²) in [5.74, 6) is -1.07. The summed E-state index contributed by atoms with van der Waals surface area (Å²) >= 11 is 0. The first-order valence-corrected chi connectivity index (χ1v) is 7.71. The Morgan fingerprint density at radius 2 is 1.46 bits per heavy atom. The van der Waals surface area contributed by atoms with Crippen LogP contribution in [0.15, 0.2) is 54.6 Å². The second kappa shape index (κ2) is 8.06. The summed E-state index contributed by atoms with van der Waals surface area (Å²) in [7, 11) is 0. The smallest absolute Gasteiger partial charge is 0.338 e. The number of amides is 1. The van der Waals surface area contributed by atoms with Crippen LogP contribution < -0.4 is 5.32 Å². The van der Waals surface area contributed by atoms with Crippen LogP contribution >= 0.6 is 0 Å². The van der Waals surface area contributed by atoms with Gasteiger partial charge in [-0.1, -0.05) is 42.5 Å². The maximum atomic E-state index is 12.3. The topological polar surface area (TPSA) is 72.5 Å². The number of nitrogens with one attached hydrogen (secondary N) is 1. The molecule has 0 heterocycles. The van der Waals surface area contributed by atoms with Gasteiger partial charge in [-0.3, -0.25) is 9.59 Å². The number of ether oxygens (including phenoxy) is 1. The van der Waals surface area contributed by atoms with Crippen LogP contribution in [0.3, 0.4) is 0 Å². The van der Waals surface area contributed by atoms with Crippen LogP contribution in [-0.4, -0.2) is 30.3 Å². The molecule has 0 bridgehead atoms. The molecule has 1 N–H and O–H groups in total. The van der Waals surface area contributed by atoms with Crippen molar-refractivity contribution in [3.63, 3.8) is 0 Å². The van der Waals surface area contributed by atoms with Gasteiger partial charge in [0.2, 0.25) is 0 Å². The summed E-state index contributed by atoms with van der Waals surface area (Å²) in [6.07, 6.45) is -0.872. The Hall–Kier alpha value is -2.95. The van der Waals surface area contributed by atoms with Crippen LogP contribution in [0.4, 0.5) is 0 Å². The molecule has 0 fully saturated rings. The predicted molar refractivity (Wildman–Crippen MR) is 89.9 cm³/mol. The van der Waals surface area contributed by atoms with Gasteiger partial charge in [0, 0.05) is 17.7 Å². The first-order chi connectivity index (χ1) is 11.5. The zero-order valence-corrected chi connectivity index (χ0v) is 13.6. The van der Waals surface area contributed by atoms with E-state index in [2.05, 4.69) is 5.32 Å². The third kappa shape index (κ3) is 4.29. The molecule has 124 valence electrons. The Morgan fingerprint density at radius 1 is 0.917 bits per heavy atom. The standard InChI is InChI=1S/C19H19NO4/c1-3-20-18(22)13(2)24-19(23)16-11-9-15(10-12-16)17(21)14-7-5-4-6-8-14/h4-13H,3H2,1-2H3,(H,20,22). The number of ketones is 1. The minimum atomic E-state index is -0.872. The molecule has 24 heavy (non-hydrogen) atoms. The van der Waals surface area contributed by atoms with Crippen molar-refractivity contribution in [2.45, 2.75) is 20.0 Å². The lowest BCUT2D eigenvalue weighted by atomic mass is 10.0. The van der Waals surface area contributed by atoms with Gasteiger partial charge in [0.1, 0.15) is 0 Å². The Labute approximate surface area is 140 Å². The molecule has 2 rings (SSSR count). The largest absolute Gasteiger partial charge is 0.449 e. The first kappa shape index (κ1) is 17.4. The molecule has 0 aromatic heterocycles. The fourth-order valence-electron chi connectivity index (χ4n) is 2.11. The fraction of sp³-hybridized carbons (Fsp3) is 0.211. The van der Waals surface area contributed by atoms with E-state index in [1.165, 1.54) is 19.1 Å². The van der Waals surface area contributed by atoms with Crippen LogP contribution in [0.1, 0.15) is 40.1 Å². The lowest BCUT2D eigenvalue weighted by molar-refractivity contribution is -0.128. The maximum Gasteiger partial charge on any atom is 0.338 e. The molecule has 5 heteroatoms. The van der Waals surface area contributed by atoms with Crippen molar-refractivity contribution in [2.75, 3.05) is 6.54 Å². The summed E-state index contributed by atoms with van der Waals surface area (Å²) in [5, 5.41) is 2.58. The van der Waals surface area contributed by atoms with Crippen LogP contribution in [0.5, 0.6) is 0 Å². The van der Waals surface area contributed by atoms with Crippen LogP contribution in [0, 0.1) is 0 Å². The van der Waals surface area contributed by atoms with Crippen LogP contribution in [0.2, 0.25) is 0 Å². The number of likely N-dealkylation sites (N-methyl/N-ethyl adjacent to an activating group) is 1. The van der Waals surface area contributed by atoms with Crippen LogP contribution in [0.25, 0.3) is 0 Å². The van der Waals surface area contributed by atoms with E-state index in [9.17, 15) is 14.4 Å². The van der Waals surface area contributed by atoms with Gasteiger partial charge < -0.3 is 10.1 Å². The molecule has 1 amide bonds. The number of hydrogen-bond acceptors (Lipinski definition) is 4. The highest BCUT2D eigenvalue weighted by atomic mass is 16.5. The fourth-order valence-corrected chi connectivity index (χ4v) is 2.11. The van der Waals surface area contributed by atoms with Gasteiger partial charge in [-0.25, -0.2) is 4.79 Å². The van der Waals surface area contributed by atoms with Crippen molar-refractivity contribution in [1.82, 2.24) is 5.32 Å². The third-order valence-electron chi connectivity index (χ3n) is 3.42. The second-order valence-corrected chi connectivity index (χ2v) is 5.21. The molecule has 0 aliphatic heterocycles. The molecule has 2 aromatic carbocycles. The van der Waals surface area contributed by atoms with E-state index >= 15 is 0 Å². The molecular weight excluding hydrogens is 306 g/mol. The number of esters is 1. The van der Waals surface area contributed by atoms with Gasteiger partial charge in [-0.2, -0.15) is 0 Å². The molecule has 0 saturated carbocycles. The third-order valence-corrected chi connectivity index (χ3v) is 3.42. The van der Waals surface area contributed by atoms with Gasteiger partial charge in [0.05, 0.1) is 5.56 Å². The lowest BCUT2D eigenvalue weighted by Gasteiger charge is -2.12. The molecule has 0 spiro atoms. The van der Waals surface area contributed by atoms with Gasteiger partial charge in [-0.05, 0) is 26.0 Å². The highest BCUT2D eigenvalue weighted by molar-refractivity contribution is 6.09. The number of benzene rings is 2. The van der Waals surface area contributed by atoms with E-state index in [1.54, 1.807) is 43.3 Å². The summed E-state index contributed by atoms with van der Waals surface area (Å²) < 4.78 is 5.10. The molecular formula is C19H19NO4. The predicted octanol–water partition coefficient (Wildman–Crippen LogP) is 2.60. The molecule has 0 radical (unpaired) electrons. The van der Waals surface area contributed by atoms with E-state index < -0.39 is 12.1 Å². The van der Waals surface area contributed by atoms with E-state index in [0.717, 1.165) is 0 Å². The van der Waals surface area contributed by atoms with Crippen LogP contribution in [-0.2, 0) is 9.53 Å². The van der Waals surface area contributed by atoms with Crippen molar-refractivity contribution < 1.29 is 19.1 Å². The molecule has 0 aliphatic carbocycles. The van der Waals surface area contributed by atoms with Crippen molar-refractivity contribution in [2.24, 2.45) is 0 Å². The number of hydrogen-bond donors (Lipinski definition) is 1. The minimum absolute atomic E-state index is 0.119. The average Bonchev–Trinajstić information content (AvgIpc) is 2.62. The summed E-state index contributed by atoms with van der Waals surface area (Å²) in [6.45, 7) is 3.77. The minimum Gasteiger partial charge on any atom is -0.449 e. The molecule has 1 atom stereocenters. The van der Waals surface area contributed by atoms with Gasteiger partial charge in [-0.15, -0.1) is 0 Å². The normalized spacial score (nSPS) is 11.4. The Kier molecular flexibility index (Phi) is 5.84.